The number of carbonyl (C=O) groups excluding carboxylic acids is 3. The van der Waals surface area contributed by atoms with Crippen LogP contribution in [-0.2, 0) is 16.6 Å². The van der Waals surface area contributed by atoms with Crippen molar-refractivity contribution in [1.82, 2.24) is 15.1 Å². The number of aryl methyl sites for hydroxylation is 1. The summed E-state index contributed by atoms with van der Waals surface area (Å²) in [4.78, 5) is 34.2. The van der Waals surface area contributed by atoms with E-state index in [2.05, 4.69) is 15.7 Å². The Balaban J connectivity index is 2.88. The van der Waals surface area contributed by atoms with E-state index in [9.17, 15) is 14.4 Å². The molecule has 0 aromatic carbocycles. The predicted octanol–water partition coefficient (Wildman–Crippen LogP) is 0.333. The van der Waals surface area contributed by atoms with Crippen LogP contribution in [0.5, 0.6) is 0 Å². The third-order valence-corrected chi connectivity index (χ3v) is 2.39. The van der Waals surface area contributed by atoms with Crippen LogP contribution in [0.2, 0.25) is 0 Å². The lowest BCUT2D eigenvalue weighted by atomic mass is 10.2. The van der Waals surface area contributed by atoms with Gasteiger partial charge in [-0.1, -0.05) is 13.8 Å². The highest BCUT2D eigenvalue weighted by molar-refractivity contribution is 6.40. The fourth-order valence-corrected chi connectivity index (χ4v) is 1.39. The minimum Gasteiger partial charge on any atom is -0.350 e. The molecule has 0 aliphatic rings. The van der Waals surface area contributed by atoms with Gasteiger partial charge in [-0.05, 0) is 5.92 Å². The van der Waals surface area contributed by atoms with E-state index in [0.717, 1.165) is 6.92 Å². The Labute approximate surface area is 111 Å². The molecule has 7 nitrogen and oxygen atoms in total. The third kappa shape index (κ3) is 3.90. The van der Waals surface area contributed by atoms with Gasteiger partial charge in [0.05, 0.1) is 11.9 Å². The number of nitrogens with zero attached hydrogens (tertiary/aromatic N) is 2. The average Bonchev–Trinajstić information content (AvgIpc) is 2.67. The van der Waals surface area contributed by atoms with Crippen molar-refractivity contribution in [2.24, 2.45) is 13.0 Å². The summed E-state index contributed by atoms with van der Waals surface area (Å²) in [7, 11) is 1.59. The molecule has 0 bridgehead atoms. The Kier molecular flexibility index (Phi) is 4.80. The van der Waals surface area contributed by atoms with Crippen molar-refractivity contribution in [3.8, 4) is 0 Å². The van der Waals surface area contributed by atoms with E-state index in [1.54, 1.807) is 7.05 Å². The fourth-order valence-electron chi connectivity index (χ4n) is 1.39. The van der Waals surface area contributed by atoms with Gasteiger partial charge in [-0.3, -0.25) is 19.1 Å². The van der Waals surface area contributed by atoms with E-state index in [-0.39, 0.29) is 17.3 Å². The molecule has 104 valence electrons. The van der Waals surface area contributed by atoms with Gasteiger partial charge in [0.1, 0.15) is 5.69 Å². The predicted molar refractivity (Wildman–Crippen MR) is 69.7 cm³/mol. The minimum absolute atomic E-state index is 0.218. The monoisotopic (exact) mass is 266 g/mol. The van der Waals surface area contributed by atoms with Crippen LogP contribution >= 0.6 is 0 Å². The maximum absolute atomic E-state index is 12.0. The van der Waals surface area contributed by atoms with Crippen LogP contribution in [0.4, 0.5) is 5.69 Å². The van der Waals surface area contributed by atoms with Crippen molar-refractivity contribution in [3.63, 3.8) is 0 Å². The standard InChI is InChI=1S/C12H18N4O3/c1-7(2)5-13-12(19)10-9(6-14-16(10)4)15-11(18)8(3)17/h6-7H,5H2,1-4H3,(H,13,19)(H,15,18). The Hall–Kier alpha value is -2.18. The summed E-state index contributed by atoms with van der Waals surface area (Å²) in [6.45, 7) is 5.62. The molecule has 0 spiro atoms. The van der Waals surface area contributed by atoms with E-state index in [1.165, 1.54) is 10.9 Å². The fraction of sp³-hybridized carbons (Fsp3) is 0.500. The number of amides is 2. The SMILES string of the molecule is CC(=O)C(=O)Nc1cnn(C)c1C(=O)NCC(C)C. The molecule has 0 unspecified atom stereocenters. The Morgan fingerprint density at radius 2 is 2.00 bits per heavy atom. The van der Waals surface area contributed by atoms with E-state index in [0.29, 0.717) is 12.5 Å². The summed E-state index contributed by atoms with van der Waals surface area (Å²) >= 11 is 0. The number of Topliss-reactive ketones (excluding diaryl/α,β-unsaturated/α-hetero) is 1. The van der Waals surface area contributed by atoms with Crippen LogP contribution in [0.1, 0.15) is 31.3 Å². The highest BCUT2D eigenvalue weighted by Crippen LogP contribution is 2.14. The van der Waals surface area contributed by atoms with Crippen LogP contribution in [0.3, 0.4) is 0 Å². The molecule has 7 heteroatoms. The van der Waals surface area contributed by atoms with Crippen molar-refractivity contribution < 1.29 is 14.4 Å². The van der Waals surface area contributed by atoms with Crippen molar-refractivity contribution in [2.75, 3.05) is 11.9 Å². The molecule has 0 saturated heterocycles. The first kappa shape index (κ1) is 14.9. The maximum Gasteiger partial charge on any atom is 0.291 e. The summed E-state index contributed by atoms with van der Waals surface area (Å²) in [6, 6.07) is 0. The number of aromatic nitrogens is 2. The smallest absolute Gasteiger partial charge is 0.291 e. The number of rotatable bonds is 5. The molecular formula is C12H18N4O3. The van der Waals surface area contributed by atoms with E-state index in [1.807, 2.05) is 13.8 Å². The number of hydrogen-bond donors (Lipinski definition) is 2. The maximum atomic E-state index is 12.0. The topological polar surface area (TPSA) is 93.1 Å². The lowest BCUT2D eigenvalue weighted by Gasteiger charge is -2.09. The molecule has 0 aliphatic carbocycles. The number of nitrogens with one attached hydrogen (secondary N) is 2. The van der Waals surface area contributed by atoms with Crippen molar-refractivity contribution in [1.29, 1.82) is 0 Å². The average molecular weight is 266 g/mol. The molecule has 0 radical (unpaired) electrons. The summed E-state index contributed by atoms with van der Waals surface area (Å²) in [5.74, 6) is -1.43. The van der Waals surface area contributed by atoms with E-state index >= 15 is 0 Å². The molecule has 1 rings (SSSR count). The Morgan fingerprint density at radius 1 is 1.37 bits per heavy atom. The van der Waals surface area contributed by atoms with Gasteiger partial charge in [-0.25, -0.2) is 0 Å². The molecule has 1 heterocycles. The van der Waals surface area contributed by atoms with Gasteiger partial charge in [0.2, 0.25) is 5.78 Å². The number of carbonyl (C=O) groups is 3. The highest BCUT2D eigenvalue weighted by Gasteiger charge is 2.19. The first-order valence-electron chi connectivity index (χ1n) is 5.95. The van der Waals surface area contributed by atoms with Gasteiger partial charge < -0.3 is 10.6 Å². The molecule has 1 aromatic heterocycles. The molecule has 19 heavy (non-hydrogen) atoms. The van der Waals surface area contributed by atoms with Crippen LogP contribution < -0.4 is 10.6 Å². The molecular weight excluding hydrogens is 248 g/mol. The lowest BCUT2D eigenvalue weighted by Crippen LogP contribution is -2.30. The molecule has 2 amide bonds. The number of hydrogen-bond acceptors (Lipinski definition) is 4. The van der Waals surface area contributed by atoms with Gasteiger partial charge in [0.15, 0.2) is 0 Å². The Morgan fingerprint density at radius 3 is 2.53 bits per heavy atom. The Bertz CT molecular complexity index is 505. The normalized spacial score (nSPS) is 10.4. The van der Waals surface area contributed by atoms with Crippen LogP contribution in [0.25, 0.3) is 0 Å². The van der Waals surface area contributed by atoms with Crippen LogP contribution in [0.15, 0.2) is 6.20 Å². The number of ketones is 1. The van der Waals surface area contributed by atoms with Gasteiger partial charge in [0, 0.05) is 20.5 Å². The second kappa shape index (κ2) is 6.12. The molecule has 0 atom stereocenters. The minimum atomic E-state index is -0.772. The second-order valence-corrected chi connectivity index (χ2v) is 4.64. The van der Waals surface area contributed by atoms with Crippen molar-refractivity contribution >= 4 is 23.3 Å². The van der Waals surface area contributed by atoms with E-state index < -0.39 is 11.7 Å². The van der Waals surface area contributed by atoms with Crippen LogP contribution in [-0.4, -0.2) is 33.9 Å². The second-order valence-electron chi connectivity index (χ2n) is 4.64. The van der Waals surface area contributed by atoms with Gasteiger partial charge >= 0.3 is 0 Å². The molecule has 0 fully saturated rings. The zero-order chi connectivity index (χ0) is 14.6. The highest BCUT2D eigenvalue weighted by atomic mass is 16.2. The van der Waals surface area contributed by atoms with Crippen molar-refractivity contribution in [2.45, 2.75) is 20.8 Å². The first-order chi connectivity index (χ1) is 8.82. The zero-order valence-corrected chi connectivity index (χ0v) is 11.5. The van der Waals surface area contributed by atoms with Gasteiger partial charge in [-0.15, -0.1) is 0 Å². The molecule has 1 aromatic rings. The zero-order valence-electron chi connectivity index (χ0n) is 11.5. The van der Waals surface area contributed by atoms with Crippen LogP contribution in [0, 0.1) is 5.92 Å². The lowest BCUT2D eigenvalue weighted by molar-refractivity contribution is -0.133. The molecule has 0 aliphatic heterocycles. The van der Waals surface area contributed by atoms with Gasteiger partial charge in [0.25, 0.3) is 11.8 Å². The van der Waals surface area contributed by atoms with E-state index in [4.69, 9.17) is 0 Å². The number of anilines is 1. The van der Waals surface area contributed by atoms with Gasteiger partial charge in [-0.2, -0.15) is 5.10 Å². The summed E-state index contributed by atoms with van der Waals surface area (Å²) in [5, 5.41) is 9.01. The summed E-state index contributed by atoms with van der Waals surface area (Å²) < 4.78 is 1.35. The first-order valence-corrected chi connectivity index (χ1v) is 5.95. The summed E-state index contributed by atoms with van der Waals surface area (Å²) in [6.07, 6.45) is 1.34. The third-order valence-electron chi connectivity index (χ3n) is 2.39. The quantitative estimate of drug-likeness (QED) is 0.751. The van der Waals surface area contributed by atoms with Crippen molar-refractivity contribution in [3.05, 3.63) is 11.9 Å². The summed E-state index contributed by atoms with van der Waals surface area (Å²) in [5.41, 5.74) is 0.444. The molecule has 2 N–H and O–H groups in total. The molecule has 0 saturated carbocycles. The largest absolute Gasteiger partial charge is 0.350 e.